The highest BCUT2D eigenvalue weighted by atomic mass is 16.5. The maximum atomic E-state index is 5.43. The van der Waals surface area contributed by atoms with E-state index in [0.717, 1.165) is 11.7 Å². The van der Waals surface area contributed by atoms with Crippen molar-refractivity contribution in [3.63, 3.8) is 0 Å². The molecule has 0 spiro atoms. The molecule has 15 heavy (non-hydrogen) atoms. The monoisotopic (exact) mass is 201 g/mol. The van der Waals surface area contributed by atoms with E-state index < -0.39 is 0 Å². The SMILES string of the molecule is COc1cc(C2CC2)c2[nH]ccc2c1C. The molecule has 2 nitrogen and oxygen atoms in total. The van der Waals surface area contributed by atoms with Crippen LogP contribution in [-0.2, 0) is 0 Å². The molecule has 0 radical (unpaired) electrons. The Labute approximate surface area is 89.3 Å². The number of nitrogens with one attached hydrogen (secondary N) is 1. The van der Waals surface area contributed by atoms with Gasteiger partial charge in [0, 0.05) is 22.7 Å². The van der Waals surface area contributed by atoms with E-state index >= 15 is 0 Å². The molecule has 1 heterocycles. The Morgan fingerprint density at radius 2 is 2.20 bits per heavy atom. The lowest BCUT2D eigenvalue weighted by atomic mass is 10.0. The molecule has 2 aromatic rings. The quantitative estimate of drug-likeness (QED) is 0.791. The molecule has 2 heteroatoms. The van der Waals surface area contributed by atoms with Crippen LogP contribution < -0.4 is 4.74 Å². The minimum atomic E-state index is 0.751. The van der Waals surface area contributed by atoms with Gasteiger partial charge in [-0.1, -0.05) is 0 Å². The zero-order valence-electron chi connectivity index (χ0n) is 9.13. The molecule has 0 saturated heterocycles. The van der Waals surface area contributed by atoms with Gasteiger partial charge in [-0.3, -0.25) is 0 Å². The number of H-pyrrole nitrogens is 1. The molecule has 1 aliphatic carbocycles. The largest absolute Gasteiger partial charge is 0.496 e. The maximum Gasteiger partial charge on any atom is 0.122 e. The maximum absolute atomic E-state index is 5.43. The number of ether oxygens (including phenoxy) is 1. The van der Waals surface area contributed by atoms with Crippen LogP contribution in [0.25, 0.3) is 10.9 Å². The highest BCUT2D eigenvalue weighted by molar-refractivity contribution is 5.88. The summed E-state index contributed by atoms with van der Waals surface area (Å²) in [6.45, 7) is 2.12. The molecule has 1 aromatic carbocycles. The summed E-state index contributed by atoms with van der Waals surface area (Å²) >= 11 is 0. The first-order valence-electron chi connectivity index (χ1n) is 5.46. The number of fused-ring (bicyclic) bond motifs is 1. The standard InChI is InChI=1S/C13H15NO/c1-8-10-5-6-14-13(10)11(9-3-4-9)7-12(8)15-2/h5-7,9,14H,3-4H2,1-2H3. The molecule has 1 aliphatic rings. The second-order valence-electron chi connectivity index (χ2n) is 4.33. The van der Waals surface area contributed by atoms with Crippen molar-refractivity contribution in [3.05, 3.63) is 29.5 Å². The third-order valence-corrected chi connectivity index (χ3v) is 3.33. The van der Waals surface area contributed by atoms with Gasteiger partial charge < -0.3 is 9.72 Å². The van der Waals surface area contributed by atoms with E-state index in [4.69, 9.17) is 4.74 Å². The third-order valence-electron chi connectivity index (χ3n) is 3.33. The molecule has 1 saturated carbocycles. The lowest BCUT2D eigenvalue weighted by Gasteiger charge is -2.09. The predicted octanol–water partition coefficient (Wildman–Crippen LogP) is 3.36. The van der Waals surface area contributed by atoms with Gasteiger partial charge in [0.1, 0.15) is 5.75 Å². The van der Waals surface area contributed by atoms with E-state index in [0.29, 0.717) is 0 Å². The molecule has 0 aliphatic heterocycles. The Balaban J connectivity index is 2.32. The Morgan fingerprint density at radius 3 is 2.87 bits per heavy atom. The van der Waals surface area contributed by atoms with Crippen LogP contribution in [0.5, 0.6) is 5.75 Å². The molecular formula is C13H15NO. The van der Waals surface area contributed by atoms with E-state index in [1.807, 2.05) is 6.20 Å². The van der Waals surface area contributed by atoms with Crippen LogP contribution >= 0.6 is 0 Å². The van der Waals surface area contributed by atoms with Gasteiger partial charge in [-0.25, -0.2) is 0 Å². The van der Waals surface area contributed by atoms with E-state index in [9.17, 15) is 0 Å². The summed E-state index contributed by atoms with van der Waals surface area (Å²) in [5.74, 6) is 1.77. The average molecular weight is 201 g/mol. The molecule has 1 fully saturated rings. The number of aromatic amines is 1. The Kier molecular flexibility index (Phi) is 1.78. The van der Waals surface area contributed by atoms with Crippen LogP contribution in [0.2, 0.25) is 0 Å². The third kappa shape index (κ3) is 1.24. The number of aryl methyl sites for hydroxylation is 1. The summed E-state index contributed by atoms with van der Waals surface area (Å²) in [4.78, 5) is 3.35. The van der Waals surface area contributed by atoms with E-state index in [1.54, 1.807) is 7.11 Å². The first kappa shape index (κ1) is 8.84. The van der Waals surface area contributed by atoms with E-state index in [1.165, 1.54) is 34.9 Å². The van der Waals surface area contributed by atoms with Crippen molar-refractivity contribution >= 4 is 10.9 Å². The van der Waals surface area contributed by atoms with E-state index in [2.05, 4.69) is 24.0 Å². The number of methoxy groups -OCH3 is 1. The molecule has 0 unspecified atom stereocenters. The fourth-order valence-corrected chi connectivity index (χ4v) is 2.30. The van der Waals surface area contributed by atoms with Gasteiger partial charge in [-0.2, -0.15) is 0 Å². The van der Waals surface area contributed by atoms with Crippen molar-refractivity contribution in [2.75, 3.05) is 7.11 Å². The number of aromatic nitrogens is 1. The molecule has 3 rings (SSSR count). The molecule has 1 N–H and O–H groups in total. The first-order valence-corrected chi connectivity index (χ1v) is 5.46. The molecule has 0 atom stereocenters. The van der Waals surface area contributed by atoms with Crippen molar-refractivity contribution in [1.29, 1.82) is 0 Å². The molecule has 0 bridgehead atoms. The zero-order chi connectivity index (χ0) is 10.4. The lowest BCUT2D eigenvalue weighted by molar-refractivity contribution is 0.412. The second kappa shape index (κ2) is 3.02. The summed E-state index contributed by atoms with van der Waals surface area (Å²) in [5.41, 5.74) is 3.96. The molecular weight excluding hydrogens is 186 g/mol. The minimum absolute atomic E-state index is 0.751. The van der Waals surface area contributed by atoms with Gasteiger partial charge in [0.25, 0.3) is 0 Å². The molecule has 1 aromatic heterocycles. The van der Waals surface area contributed by atoms with Crippen LogP contribution in [0.3, 0.4) is 0 Å². The molecule has 0 amide bonds. The number of rotatable bonds is 2. The van der Waals surface area contributed by atoms with Gasteiger partial charge in [0.05, 0.1) is 7.11 Å². The van der Waals surface area contributed by atoms with Crippen molar-refractivity contribution in [2.24, 2.45) is 0 Å². The van der Waals surface area contributed by atoms with Gasteiger partial charge >= 0.3 is 0 Å². The second-order valence-corrected chi connectivity index (χ2v) is 4.33. The number of hydrogen-bond donors (Lipinski definition) is 1. The molecule has 78 valence electrons. The average Bonchev–Trinajstić information content (AvgIpc) is 2.96. The summed E-state index contributed by atoms with van der Waals surface area (Å²) in [6.07, 6.45) is 4.66. The smallest absolute Gasteiger partial charge is 0.122 e. The fourth-order valence-electron chi connectivity index (χ4n) is 2.30. The van der Waals surface area contributed by atoms with Gasteiger partial charge in [-0.05, 0) is 43.4 Å². The topological polar surface area (TPSA) is 25.0 Å². The van der Waals surface area contributed by atoms with Crippen molar-refractivity contribution in [3.8, 4) is 5.75 Å². The van der Waals surface area contributed by atoms with Gasteiger partial charge in [0.2, 0.25) is 0 Å². The number of benzene rings is 1. The van der Waals surface area contributed by atoms with Crippen LogP contribution in [0.15, 0.2) is 18.3 Å². The Hall–Kier alpha value is -1.44. The normalized spacial score (nSPS) is 15.9. The highest BCUT2D eigenvalue weighted by Gasteiger charge is 2.27. The Morgan fingerprint density at radius 1 is 1.40 bits per heavy atom. The van der Waals surface area contributed by atoms with Crippen molar-refractivity contribution in [2.45, 2.75) is 25.7 Å². The van der Waals surface area contributed by atoms with Crippen LogP contribution in [0.4, 0.5) is 0 Å². The predicted molar refractivity (Wildman–Crippen MR) is 61.6 cm³/mol. The zero-order valence-corrected chi connectivity index (χ0v) is 9.13. The summed E-state index contributed by atoms with van der Waals surface area (Å²) in [5, 5.41) is 1.30. The van der Waals surface area contributed by atoms with Crippen LogP contribution in [-0.4, -0.2) is 12.1 Å². The fraction of sp³-hybridized carbons (Fsp3) is 0.385. The minimum Gasteiger partial charge on any atom is -0.496 e. The summed E-state index contributed by atoms with van der Waals surface area (Å²) in [6, 6.07) is 4.34. The van der Waals surface area contributed by atoms with Gasteiger partial charge in [0.15, 0.2) is 0 Å². The van der Waals surface area contributed by atoms with Crippen molar-refractivity contribution < 1.29 is 4.74 Å². The van der Waals surface area contributed by atoms with E-state index in [-0.39, 0.29) is 0 Å². The van der Waals surface area contributed by atoms with Crippen LogP contribution in [0, 0.1) is 6.92 Å². The van der Waals surface area contributed by atoms with Gasteiger partial charge in [-0.15, -0.1) is 0 Å². The first-order chi connectivity index (χ1) is 7.31. The summed E-state index contributed by atoms with van der Waals surface area (Å²) in [7, 11) is 1.75. The Bertz CT molecular complexity index is 508. The lowest BCUT2D eigenvalue weighted by Crippen LogP contribution is -1.91. The highest BCUT2D eigenvalue weighted by Crippen LogP contribution is 2.45. The van der Waals surface area contributed by atoms with Crippen LogP contribution in [0.1, 0.15) is 29.9 Å². The number of hydrogen-bond acceptors (Lipinski definition) is 1. The summed E-state index contributed by atoms with van der Waals surface area (Å²) < 4.78 is 5.43. The van der Waals surface area contributed by atoms with Crippen molar-refractivity contribution in [1.82, 2.24) is 4.98 Å².